The zero-order chi connectivity index (χ0) is 21.1. The van der Waals surface area contributed by atoms with Crippen molar-refractivity contribution in [2.75, 3.05) is 24.4 Å². The van der Waals surface area contributed by atoms with Crippen LogP contribution in [-0.2, 0) is 11.3 Å². The van der Waals surface area contributed by atoms with Gasteiger partial charge >= 0.3 is 5.69 Å². The predicted octanol–water partition coefficient (Wildman–Crippen LogP) is 2.31. The van der Waals surface area contributed by atoms with Gasteiger partial charge in [0.2, 0.25) is 11.6 Å². The van der Waals surface area contributed by atoms with Crippen LogP contribution in [0.4, 0.5) is 11.5 Å². The number of hydrogen-bond acceptors (Lipinski definition) is 6. The standard InChI is InChI=1S/C21H26N6O3/c1-25(16-8-4-3-5-9-16)19-20-24-27(21(29)26(20)12-11-22-19)14-18(28)23-15-7-6-10-17(13-15)30-2/h6-7,10-13,16H,3-5,8-9,14H2,1-2H3,(H,23,28). The monoisotopic (exact) mass is 410 g/mol. The van der Waals surface area contributed by atoms with Gasteiger partial charge in [-0.15, -0.1) is 5.10 Å². The Hall–Kier alpha value is -3.36. The third-order valence-corrected chi connectivity index (χ3v) is 5.59. The van der Waals surface area contributed by atoms with Crippen LogP contribution >= 0.6 is 0 Å². The Morgan fingerprint density at radius 3 is 2.87 bits per heavy atom. The number of hydrogen-bond donors (Lipinski definition) is 1. The first-order chi connectivity index (χ1) is 14.6. The van der Waals surface area contributed by atoms with E-state index in [4.69, 9.17) is 4.74 Å². The van der Waals surface area contributed by atoms with E-state index in [1.165, 1.54) is 28.3 Å². The molecule has 0 spiro atoms. The molecule has 30 heavy (non-hydrogen) atoms. The summed E-state index contributed by atoms with van der Waals surface area (Å²) in [7, 11) is 3.56. The molecule has 0 radical (unpaired) electrons. The highest BCUT2D eigenvalue weighted by atomic mass is 16.5. The maximum absolute atomic E-state index is 12.8. The number of ether oxygens (including phenoxy) is 1. The first-order valence-corrected chi connectivity index (χ1v) is 10.2. The van der Waals surface area contributed by atoms with Gasteiger partial charge in [0.1, 0.15) is 12.3 Å². The normalized spacial score (nSPS) is 14.6. The molecule has 0 unspecified atom stereocenters. The Balaban J connectivity index is 1.57. The van der Waals surface area contributed by atoms with Crippen molar-refractivity contribution in [3.05, 3.63) is 47.1 Å². The molecule has 2 aromatic heterocycles. The van der Waals surface area contributed by atoms with Crippen LogP contribution in [0, 0.1) is 0 Å². The van der Waals surface area contributed by atoms with E-state index in [0.29, 0.717) is 28.9 Å². The van der Waals surface area contributed by atoms with Crippen molar-refractivity contribution < 1.29 is 9.53 Å². The second kappa shape index (κ2) is 8.56. The molecule has 4 rings (SSSR count). The highest BCUT2D eigenvalue weighted by molar-refractivity contribution is 5.90. The first-order valence-electron chi connectivity index (χ1n) is 10.2. The first kappa shape index (κ1) is 19.9. The Morgan fingerprint density at radius 1 is 1.30 bits per heavy atom. The number of aromatic nitrogens is 4. The van der Waals surface area contributed by atoms with E-state index in [0.717, 1.165) is 12.8 Å². The van der Waals surface area contributed by atoms with Crippen LogP contribution in [0.3, 0.4) is 0 Å². The van der Waals surface area contributed by atoms with Crippen LogP contribution in [0.1, 0.15) is 32.1 Å². The van der Waals surface area contributed by atoms with Crippen molar-refractivity contribution in [1.82, 2.24) is 19.2 Å². The van der Waals surface area contributed by atoms with E-state index in [1.807, 2.05) is 7.05 Å². The van der Waals surface area contributed by atoms with Crippen LogP contribution in [0.2, 0.25) is 0 Å². The number of amides is 1. The topological polar surface area (TPSA) is 93.8 Å². The number of nitrogens with one attached hydrogen (secondary N) is 1. The Morgan fingerprint density at radius 2 is 2.10 bits per heavy atom. The maximum atomic E-state index is 12.8. The molecule has 1 saturated carbocycles. The largest absolute Gasteiger partial charge is 0.497 e. The molecular weight excluding hydrogens is 384 g/mol. The maximum Gasteiger partial charge on any atom is 0.350 e. The molecule has 0 saturated heterocycles. The smallest absolute Gasteiger partial charge is 0.350 e. The van der Waals surface area contributed by atoms with Gasteiger partial charge in [-0.2, -0.15) is 0 Å². The lowest BCUT2D eigenvalue weighted by Crippen LogP contribution is -2.34. The summed E-state index contributed by atoms with van der Waals surface area (Å²) in [6.07, 6.45) is 9.05. The zero-order valence-corrected chi connectivity index (χ0v) is 17.2. The van der Waals surface area contributed by atoms with Crippen LogP contribution < -0.4 is 20.6 Å². The number of benzene rings is 1. The number of carbonyl (C=O) groups excluding carboxylic acids is 1. The van der Waals surface area contributed by atoms with Gasteiger partial charge in [-0.1, -0.05) is 25.3 Å². The fraction of sp³-hybridized carbons (Fsp3) is 0.429. The SMILES string of the molecule is COc1cccc(NC(=O)Cn2nc3c(N(C)C4CCCCC4)nccn3c2=O)c1. The number of rotatable bonds is 6. The van der Waals surface area contributed by atoms with Crippen LogP contribution in [0.25, 0.3) is 5.65 Å². The van der Waals surface area contributed by atoms with E-state index >= 15 is 0 Å². The molecule has 9 nitrogen and oxygen atoms in total. The summed E-state index contributed by atoms with van der Waals surface area (Å²) in [5.74, 6) is 0.955. The molecule has 1 fully saturated rings. The number of fused-ring (bicyclic) bond motifs is 1. The van der Waals surface area contributed by atoms with Gasteiger partial charge in [0.15, 0.2) is 5.82 Å². The lowest BCUT2D eigenvalue weighted by Gasteiger charge is -2.31. The summed E-state index contributed by atoms with van der Waals surface area (Å²) in [4.78, 5) is 31.9. The van der Waals surface area contributed by atoms with Crippen molar-refractivity contribution in [2.45, 2.75) is 44.7 Å². The Bertz CT molecular complexity index is 1100. The second-order valence-corrected chi connectivity index (χ2v) is 7.57. The third-order valence-electron chi connectivity index (χ3n) is 5.59. The highest BCUT2D eigenvalue weighted by Gasteiger charge is 2.23. The minimum Gasteiger partial charge on any atom is -0.497 e. The molecule has 1 amide bonds. The summed E-state index contributed by atoms with van der Waals surface area (Å²) >= 11 is 0. The van der Waals surface area contributed by atoms with E-state index < -0.39 is 0 Å². The number of anilines is 2. The average Bonchev–Trinajstić information content (AvgIpc) is 3.09. The van der Waals surface area contributed by atoms with Crippen molar-refractivity contribution in [3.8, 4) is 5.75 Å². The van der Waals surface area contributed by atoms with Gasteiger partial charge in [-0.05, 0) is 25.0 Å². The van der Waals surface area contributed by atoms with Crippen molar-refractivity contribution in [1.29, 1.82) is 0 Å². The quantitative estimate of drug-likeness (QED) is 0.670. The van der Waals surface area contributed by atoms with E-state index in [-0.39, 0.29) is 18.1 Å². The van der Waals surface area contributed by atoms with E-state index in [2.05, 4.69) is 20.3 Å². The van der Waals surface area contributed by atoms with Gasteiger partial charge in [0.05, 0.1) is 7.11 Å². The molecular formula is C21H26N6O3. The molecule has 0 aliphatic heterocycles. The molecule has 0 atom stereocenters. The summed E-state index contributed by atoms with van der Waals surface area (Å²) < 4.78 is 7.78. The highest BCUT2D eigenvalue weighted by Crippen LogP contribution is 2.26. The molecule has 9 heteroatoms. The second-order valence-electron chi connectivity index (χ2n) is 7.57. The van der Waals surface area contributed by atoms with E-state index in [9.17, 15) is 9.59 Å². The molecule has 0 bridgehead atoms. The number of nitrogens with zero attached hydrogens (tertiary/aromatic N) is 5. The molecule has 2 heterocycles. The van der Waals surface area contributed by atoms with Gasteiger partial charge in [-0.3, -0.25) is 4.79 Å². The lowest BCUT2D eigenvalue weighted by atomic mass is 9.94. The third kappa shape index (κ3) is 4.00. The Labute approximate surface area is 174 Å². The molecule has 1 aromatic carbocycles. The van der Waals surface area contributed by atoms with Crippen molar-refractivity contribution in [3.63, 3.8) is 0 Å². The van der Waals surface area contributed by atoms with Crippen LogP contribution in [0.5, 0.6) is 5.75 Å². The molecule has 1 aliphatic rings. The molecule has 1 aliphatic carbocycles. The number of carbonyl (C=O) groups is 1. The summed E-state index contributed by atoms with van der Waals surface area (Å²) in [6, 6.07) is 7.43. The minimum absolute atomic E-state index is 0.190. The van der Waals surface area contributed by atoms with Gasteiger partial charge < -0.3 is 15.0 Å². The van der Waals surface area contributed by atoms with E-state index in [1.54, 1.807) is 43.8 Å². The van der Waals surface area contributed by atoms with Crippen LogP contribution in [0.15, 0.2) is 41.5 Å². The fourth-order valence-corrected chi connectivity index (χ4v) is 3.97. The van der Waals surface area contributed by atoms with Gasteiger partial charge in [-0.25, -0.2) is 18.9 Å². The summed E-state index contributed by atoms with van der Waals surface area (Å²) in [6.45, 7) is -0.190. The van der Waals surface area contributed by atoms with Gasteiger partial charge in [0.25, 0.3) is 0 Å². The lowest BCUT2D eigenvalue weighted by molar-refractivity contribution is -0.117. The average molecular weight is 410 g/mol. The number of methoxy groups -OCH3 is 1. The Kier molecular flexibility index (Phi) is 5.69. The molecule has 3 aromatic rings. The zero-order valence-electron chi connectivity index (χ0n) is 17.2. The molecule has 158 valence electrons. The summed E-state index contributed by atoms with van der Waals surface area (Å²) in [5.41, 5.74) is 0.687. The molecule has 1 N–H and O–H groups in total. The minimum atomic E-state index is -0.369. The van der Waals surface area contributed by atoms with Crippen LogP contribution in [-0.4, -0.2) is 45.3 Å². The predicted molar refractivity (Wildman–Crippen MR) is 114 cm³/mol. The fourth-order valence-electron chi connectivity index (χ4n) is 3.97. The summed E-state index contributed by atoms with van der Waals surface area (Å²) in [5, 5.41) is 7.19. The van der Waals surface area contributed by atoms with Crippen molar-refractivity contribution >= 4 is 23.1 Å². The van der Waals surface area contributed by atoms with Crippen molar-refractivity contribution in [2.24, 2.45) is 0 Å². The van der Waals surface area contributed by atoms with Gasteiger partial charge in [0, 0.05) is 37.2 Å².